The lowest BCUT2D eigenvalue weighted by molar-refractivity contribution is -0.115. The summed E-state index contributed by atoms with van der Waals surface area (Å²) in [4.78, 5) is 16.5. The van der Waals surface area contributed by atoms with Gasteiger partial charge in [0.05, 0.1) is 17.8 Å². The molecule has 5 nitrogen and oxygen atoms in total. The van der Waals surface area contributed by atoms with Crippen molar-refractivity contribution in [2.75, 3.05) is 5.32 Å². The summed E-state index contributed by atoms with van der Waals surface area (Å²) in [6.45, 7) is 1.99. The van der Waals surface area contributed by atoms with Gasteiger partial charge in [-0.05, 0) is 42.8 Å². The van der Waals surface area contributed by atoms with Gasteiger partial charge in [-0.1, -0.05) is 11.6 Å². The van der Waals surface area contributed by atoms with Gasteiger partial charge in [0.2, 0.25) is 5.91 Å². The second kappa shape index (κ2) is 5.69. The van der Waals surface area contributed by atoms with Crippen LogP contribution in [0.1, 0.15) is 11.3 Å². The van der Waals surface area contributed by atoms with Crippen LogP contribution in [0.5, 0.6) is 5.75 Å². The molecule has 0 spiro atoms. The molecule has 2 aromatic heterocycles. The van der Waals surface area contributed by atoms with Gasteiger partial charge >= 0.3 is 0 Å². The number of carbonyl (C=O) groups is 1. The Morgan fingerprint density at radius 2 is 2.18 bits per heavy atom. The first-order valence-corrected chi connectivity index (χ1v) is 7.12. The number of imidazole rings is 1. The molecule has 0 aliphatic carbocycles. The number of aryl methyl sites for hydroxylation is 1. The summed E-state index contributed by atoms with van der Waals surface area (Å²) in [5.74, 6) is -0.291. The number of anilines is 1. The number of rotatable bonds is 3. The zero-order valence-electron chi connectivity index (χ0n) is 11.9. The third kappa shape index (κ3) is 3.04. The number of halogens is 1. The molecule has 0 bridgehead atoms. The summed E-state index contributed by atoms with van der Waals surface area (Å²) >= 11 is 5.85. The number of hydrogen-bond acceptors (Lipinski definition) is 3. The predicted molar refractivity (Wildman–Crippen MR) is 85.4 cm³/mol. The molecule has 0 fully saturated rings. The van der Waals surface area contributed by atoms with Gasteiger partial charge in [-0.3, -0.25) is 4.79 Å². The van der Waals surface area contributed by atoms with Crippen LogP contribution in [0.25, 0.3) is 5.65 Å². The van der Waals surface area contributed by atoms with Crippen molar-refractivity contribution in [2.45, 2.75) is 13.3 Å². The molecule has 3 aromatic rings. The minimum Gasteiger partial charge on any atom is -0.506 e. The molecule has 2 N–H and O–H groups in total. The molecule has 0 atom stereocenters. The van der Waals surface area contributed by atoms with Crippen LogP contribution in [0.4, 0.5) is 5.69 Å². The molecule has 1 aromatic carbocycles. The van der Waals surface area contributed by atoms with Crippen molar-refractivity contribution in [1.29, 1.82) is 0 Å². The number of phenols is 1. The third-order valence-corrected chi connectivity index (χ3v) is 3.48. The van der Waals surface area contributed by atoms with Crippen LogP contribution in [-0.4, -0.2) is 20.4 Å². The molecule has 0 aliphatic rings. The molecule has 0 unspecified atom stereocenters. The summed E-state index contributed by atoms with van der Waals surface area (Å²) < 4.78 is 1.87. The number of pyridine rings is 1. The Morgan fingerprint density at radius 1 is 1.36 bits per heavy atom. The molecule has 0 saturated heterocycles. The van der Waals surface area contributed by atoms with Gasteiger partial charge in [0.1, 0.15) is 11.4 Å². The maximum Gasteiger partial charge on any atom is 0.230 e. The van der Waals surface area contributed by atoms with Gasteiger partial charge in [0, 0.05) is 17.4 Å². The number of fused-ring (bicyclic) bond motifs is 1. The van der Waals surface area contributed by atoms with E-state index in [1.54, 1.807) is 6.07 Å². The van der Waals surface area contributed by atoms with E-state index in [1.807, 2.05) is 35.9 Å². The molecule has 0 aliphatic heterocycles. The monoisotopic (exact) mass is 315 g/mol. The number of nitrogens with one attached hydrogen (secondary N) is 1. The van der Waals surface area contributed by atoms with Crippen molar-refractivity contribution in [3.8, 4) is 5.75 Å². The van der Waals surface area contributed by atoms with Crippen molar-refractivity contribution >= 4 is 28.8 Å². The minimum atomic E-state index is -0.266. The van der Waals surface area contributed by atoms with E-state index in [-0.39, 0.29) is 23.8 Å². The number of phenolic OH excluding ortho intramolecular Hbond substituents is 1. The van der Waals surface area contributed by atoms with E-state index >= 15 is 0 Å². The zero-order chi connectivity index (χ0) is 15.7. The van der Waals surface area contributed by atoms with E-state index < -0.39 is 0 Å². The largest absolute Gasteiger partial charge is 0.506 e. The standard InChI is InChI=1S/C16H14ClN3O2/c1-10-4-5-20-9-12(18-15(20)6-10)8-16(22)19-13-7-11(17)2-3-14(13)21/h2-7,9,21H,8H2,1H3,(H,19,22). The highest BCUT2D eigenvalue weighted by molar-refractivity contribution is 6.31. The maximum atomic E-state index is 12.1. The van der Waals surface area contributed by atoms with Crippen LogP contribution in [-0.2, 0) is 11.2 Å². The van der Waals surface area contributed by atoms with Gasteiger partial charge in [0.15, 0.2) is 0 Å². The van der Waals surface area contributed by atoms with Crippen LogP contribution < -0.4 is 5.32 Å². The van der Waals surface area contributed by atoms with Crippen molar-refractivity contribution < 1.29 is 9.90 Å². The highest BCUT2D eigenvalue weighted by Crippen LogP contribution is 2.26. The molecule has 22 heavy (non-hydrogen) atoms. The third-order valence-electron chi connectivity index (χ3n) is 3.24. The van der Waals surface area contributed by atoms with E-state index in [0.29, 0.717) is 10.7 Å². The lowest BCUT2D eigenvalue weighted by Crippen LogP contribution is -2.14. The highest BCUT2D eigenvalue weighted by atomic mass is 35.5. The average molecular weight is 316 g/mol. The summed E-state index contributed by atoms with van der Waals surface area (Å²) in [5, 5.41) is 12.8. The molecular weight excluding hydrogens is 302 g/mol. The zero-order valence-corrected chi connectivity index (χ0v) is 12.6. The molecule has 0 radical (unpaired) electrons. The van der Waals surface area contributed by atoms with Crippen molar-refractivity contribution in [1.82, 2.24) is 9.38 Å². The van der Waals surface area contributed by atoms with E-state index in [0.717, 1.165) is 11.2 Å². The van der Waals surface area contributed by atoms with Crippen LogP contribution in [0.2, 0.25) is 5.02 Å². The first-order chi connectivity index (χ1) is 10.5. The topological polar surface area (TPSA) is 66.6 Å². The smallest absolute Gasteiger partial charge is 0.230 e. The van der Waals surface area contributed by atoms with E-state index in [9.17, 15) is 9.90 Å². The van der Waals surface area contributed by atoms with Crippen LogP contribution >= 0.6 is 11.6 Å². The van der Waals surface area contributed by atoms with Crippen LogP contribution in [0, 0.1) is 6.92 Å². The number of aromatic hydroxyl groups is 1. The lowest BCUT2D eigenvalue weighted by Gasteiger charge is -2.06. The first kappa shape index (κ1) is 14.4. The van der Waals surface area contributed by atoms with Gasteiger partial charge in [-0.25, -0.2) is 4.98 Å². The van der Waals surface area contributed by atoms with Gasteiger partial charge in [-0.15, -0.1) is 0 Å². The summed E-state index contributed by atoms with van der Waals surface area (Å²) in [6, 6.07) is 8.41. The summed E-state index contributed by atoms with van der Waals surface area (Å²) in [6.07, 6.45) is 3.83. The Bertz CT molecular complexity index is 858. The fraction of sp³-hybridized carbons (Fsp3) is 0.125. The fourth-order valence-corrected chi connectivity index (χ4v) is 2.36. The first-order valence-electron chi connectivity index (χ1n) is 6.74. The van der Waals surface area contributed by atoms with Crippen molar-refractivity contribution in [3.63, 3.8) is 0 Å². The Kier molecular flexibility index (Phi) is 3.73. The fourth-order valence-electron chi connectivity index (χ4n) is 2.19. The van der Waals surface area contributed by atoms with E-state index in [4.69, 9.17) is 11.6 Å². The lowest BCUT2D eigenvalue weighted by atomic mass is 10.2. The highest BCUT2D eigenvalue weighted by Gasteiger charge is 2.10. The number of hydrogen-bond donors (Lipinski definition) is 2. The second-order valence-electron chi connectivity index (χ2n) is 5.09. The second-order valence-corrected chi connectivity index (χ2v) is 5.52. The number of nitrogens with zero attached hydrogens (tertiary/aromatic N) is 2. The molecule has 0 saturated carbocycles. The molecular formula is C16H14ClN3O2. The number of aromatic nitrogens is 2. The molecule has 3 rings (SSSR count). The van der Waals surface area contributed by atoms with Crippen molar-refractivity contribution in [3.05, 3.63) is 59.0 Å². The molecule has 112 valence electrons. The van der Waals surface area contributed by atoms with Crippen molar-refractivity contribution in [2.24, 2.45) is 0 Å². The van der Waals surface area contributed by atoms with Gasteiger partial charge in [0.25, 0.3) is 0 Å². The normalized spacial score (nSPS) is 10.8. The Morgan fingerprint density at radius 3 is 3.00 bits per heavy atom. The van der Waals surface area contributed by atoms with Gasteiger partial charge < -0.3 is 14.8 Å². The number of benzene rings is 1. The predicted octanol–water partition coefficient (Wildman–Crippen LogP) is 3.18. The summed E-state index contributed by atoms with van der Waals surface area (Å²) in [7, 11) is 0. The molecule has 1 amide bonds. The average Bonchev–Trinajstić information content (AvgIpc) is 2.84. The van der Waals surface area contributed by atoms with Gasteiger partial charge in [-0.2, -0.15) is 0 Å². The minimum absolute atomic E-state index is 0.0247. The quantitative estimate of drug-likeness (QED) is 0.729. The van der Waals surface area contributed by atoms with Crippen LogP contribution in [0.15, 0.2) is 42.7 Å². The van der Waals surface area contributed by atoms with E-state index in [1.165, 1.54) is 12.1 Å². The Balaban J connectivity index is 1.76. The number of amides is 1. The number of carbonyl (C=O) groups excluding carboxylic acids is 1. The maximum absolute atomic E-state index is 12.1. The Labute approximate surface area is 132 Å². The summed E-state index contributed by atoms with van der Waals surface area (Å²) in [5.41, 5.74) is 2.85. The molecule has 6 heteroatoms. The van der Waals surface area contributed by atoms with E-state index in [2.05, 4.69) is 10.3 Å². The molecule has 2 heterocycles. The Hall–Kier alpha value is -2.53. The SMILES string of the molecule is Cc1ccn2cc(CC(=O)Nc3cc(Cl)ccc3O)nc2c1. The van der Waals surface area contributed by atoms with Crippen LogP contribution in [0.3, 0.4) is 0 Å².